The van der Waals surface area contributed by atoms with Crippen molar-refractivity contribution in [1.82, 2.24) is 10.6 Å². The molecule has 2 atom stereocenters. The van der Waals surface area contributed by atoms with Gasteiger partial charge >= 0.3 is 6.35 Å². The highest BCUT2D eigenvalue weighted by Gasteiger charge is 2.31. The number of ether oxygens (including phenoxy) is 2. The average Bonchev–Trinajstić information content (AvgIpc) is 3.88. The summed E-state index contributed by atoms with van der Waals surface area (Å²) in [4.78, 5) is 9.66. The molecule has 6 aromatic carbocycles. The third-order valence-corrected chi connectivity index (χ3v) is 8.97. The monoisotopic (exact) mass is 607 g/mol. The molecule has 0 aromatic heterocycles. The van der Waals surface area contributed by atoms with E-state index in [1.54, 1.807) is 12.4 Å². The Hall–Kier alpha value is -5.67. The van der Waals surface area contributed by atoms with E-state index in [0.717, 1.165) is 61.7 Å². The SMILES string of the molecule is C[N+]1=C2NC(N=C1)Oc1cccc3cc4cccc(c4cc13)OC(NC1CC1)N=C(N)c1cccc3cc4cccc(O)c4c2c13. The van der Waals surface area contributed by atoms with Gasteiger partial charge in [0.2, 0.25) is 18.5 Å². The fourth-order valence-corrected chi connectivity index (χ4v) is 6.63. The first kappa shape index (κ1) is 26.7. The maximum Gasteiger partial charge on any atom is 0.375 e. The molecule has 6 aromatic rings. The largest absolute Gasteiger partial charge is 0.507 e. The maximum absolute atomic E-state index is 11.3. The second kappa shape index (κ2) is 10.2. The molecule has 5 N–H and O–H groups in total. The van der Waals surface area contributed by atoms with E-state index >= 15 is 0 Å². The first-order valence-corrected chi connectivity index (χ1v) is 15.5. The van der Waals surface area contributed by atoms with Crippen molar-refractivity contribution in [1.29, 1.82) is 0 Å². The molecule has 1 saturated carbocycles. The molecule has 1 aliphatic carbocycles. The summed E-state index contributed by atoms with van der Waals surface area (Å²) >= 11 is 0. The average molecular weight is 608 g/mol. The summed E-state index contributed by atoms with van der Waals surface area (Å²) < 4.78 is 15.1. The molecule has 1 fully saturated rings. The predicted octanol–water partition coefficient (Wildman–Crippen LogP) is 5.52. The molecule has 226 valence electrons. The van der Waals surface area contributed by atoms with Crippen molar-refractivity contribution in [3.63, 3.8) is 0 Å². The normalized spacial score (nSPS) is 19.5. The highest BCUT2D eigenvalue weighted by molar-refractivity contribution is 6.25. The van der Waals surface area contributed by atoms with Crippen LogP contribution in [0.25, 0.3) is 43.1 Å². The van der Waals surface area contributed by atoms with Gasteiger partial charge in [-0.05, 0) is 70.8 Å². The van der Waals surface area contributed by atoms with Crippen molar-refractivity contribution in [2.24, 2.45) is 15.7 Å². The van der Waals surface area contributed by atoms with Gasteiger partial charge in [0.05, 0.1) is 12.6 Å². The van der Waals surface area contributed by atoms with Gasteiger partial charge in [-0.2, -0.15) is 0 Å². The number of phenolic OH excluding ortho intramolecular Hbond substituents is 1. The van der Waals surface area contributed by atoms with Gasteiger partial charge in [-0.25, -0.2) is 14.9 Å². The molecule has 0 saturated heterocycles. The van der Waals surface area contributed by atoms with E-state index in [1.165, 1.54) is 0 Å². The zero-order valence-electron chi connectivity index (χ0n) is 25.1. The zero-order valence-corrected chi connectivity index (χ0v) is 25.1. The van der Waals surface area contributed by atoms with Crippen molar-refractivity contribution in [3.8, 4) is 17.2 Å². The third-order valence-electron chi connectivity index (χ3n) is 8.97. The molecular formula is C37H31N6O3+. The molecule has 9 heteroatoms. The van der Waals surface area contributed by atoms with Crippen molar-refractivity contribution < 1.29 is 19.2 Å². The molecule has 0 amide bonds. The lowest BCUT2D eigenvalue weighted by molar-refractivity contribution is -0.366. The van der Waals surface area contributed by atoms with E-state index in [1.807, 2.05) is 66.2 Å². The number of nitrogens with zero attached hydrogens (tertiary/aromatic N) is 3. The molecule has 2 aliphatic heterocycles. The van der Waals surface area contributed by atoms with Crippen LogP contribution in [-0.4, -0.2) is 53.5 Å². The minimum Gasteiger partial charge on any atom is -0.507 e. The van der Waals surface area contributed by atoms with Gasteiger partial charge in [0.1, 0.15) is 23.1 Å². The molecular weight excluding hydrogens is 576 g/mol. The van der Waals surface area contributed by atoms with Crippen LogP contribution in [0.2, 0.25) is 0 Å². The minimum absolute atomic E-state index is 0.156. The maximum atomic E-state index is 11.3. The fourth-order valence-electron chi connectivity index (χ4n) is 6.63. The Bertz CT molecular complexity index is 2340. The summed E-state index contributed by atoms with van der Waals surface area (Å²) in [6.07, 6.45) is 2.39. The van der Waals surface area contributed by atoms with E-state index in [4.69, 9.17) is 20.2 Å². The number of hydrogen-bond donors (Lipinski definition) is 4. The molecule has 46 heavy (non-hydrogen) atoms. The van der Waals surface area contributed by atoms with E-state index < -0.39 is 12.7 Å². The number of nitrogens with one attached hydrogen (secondary N) is 2. The lowest BCUT2D eigenvalue weighted by atomic mass is 9.91. The van der Waals surface area contributed by atoms with Gasteiger partial charge in [-0.1, -0.05) is 59.6 Å². The summed E-state index contributed by atoms with van der Waals surface area (Å²) in [6.45, 7) is 0. The molecule has 4 bridgehead atoms. The van der Waals surface area contributed by atoms with Crippen LogP contribution in [-0.2, 0) is 0 Å². The smallest absolute Gasteiger partial charge is 0.375 e. The Morgan fingerprint density at radius 2 is 1.48 bits per heavy atom. The second-order valence-corrected chi connectivity index (χ2v) is 12.1. The van der Waals surface area contributed by atoms with Crippen LogP contribution in [0.3, 0.4) is 0 Å². The zero-order chi connectivity index (χ0) is 30.9. The Balaban J connectivity index is 1.36. The van der Waals surface area contributed by atoms with Crippen molar-refractivity contribution in [2.45, 2.75) is 31.6 Å². The standard InChI is InChI=1S/C37H30N6O3/c1-43-19-39-36-42-35(43)33-31-22(17-23-9-3-11-28(44)32(23)33)8-2-10-25(31)34(38)41-37(40-24-14-15-24)46-30-13-5-7-21-16-20-6-4-12-29(45-36)26(20)18-27(21)30/h2-13,16-19,24,36-37,40H,14-15H2,1H3,(H3,38,41,44)/p+1. The van der Waals surface area contributed by atoms with E-state index in [9.17, 15) is 5.11 Å². The van der Waals surface area contributed by atoms with Gasteiger partial charge < -0.3 is 20.3 Å². The minimum atomic E-state index is -0.742. The van der Waals surface area contributed by atoms with Crippen LogP contribution in [0, 0.1) is 0 Å². The Morgan fingerprint density at radius 1 is 0.826 bits per heavy atom. The topological polar surface area (TPSA) is 116 Å². The lowest BCUT2D eigenvalue weighted by Crippen LogP contribution is -2.46. The molecule has 9 nitrogen and oxygen atoms in total. The Kier molecular flexibility index (Phi) is 5.91. The molecule has 2 unspecified atom stereocenters. The van der Waals surface area contributed by atoms with Gasteiger partial charge in [-0.15, -0.1) is 0 Å². The predicted molar refractivity (Wildman–Crippen MR) is 182 cm³/mol. The molecule has 0 radical (unpaired) electrons. The van der Waals surface area contributed by atoms with Crippen molar-refractivity contribution in [2.75, 3.05) is 7.05 Å². The van der Waals surface area contributed by atoms with Crippen LogP contribution >= 0.6 is 0 Å². The summed E-state index contributed by atoms with van der Waals surface area (Å²) in [6, 6.07) is 30.2. The number of fused-ring (bicyclic) bond motifs is 5. The second-order valence-electron chi connectivity index (χ2n) is 12.1. The van der Waals surface area contributed by atoms with Crippen LogP contribution in [0.5, 0.6) is 17.2 Å². The Labute approximate surface area is 264 Å². The molecule has 2 heterocycles. The number of benzene rings is 6. The number of amidine groups is 2. The van der Waals surface area contributed by atoms with Gasteiger partial charge in [0, 0.05) is 33.2 Å². The van der Waals surface area contributed by atoms with Crippen LogP contribution in [0.15, 0.2) is 101 Å². The van der Waals surface area contributed by atoms with Crippen molar-refractivity contribution >= 4 is 61.1 Å². The highest BCUT2D eigenvalue weighted by atomic mass is 16.5. The highest BCUT2D eigenvalue weighted by Crippen LogP contribution is 2.38. The van der Waals surface area contributed by atoms with Crippen LogP contribution in [0.4, 0.5) is 0 Å². The summed E-state index contributed by atoms with van der Waals surface area (Å²) in [7, 11) is 1.92. The number of aliphatic imine (C=N–C) groups is 2. The van der Waals surface area contributed by atoms with Crippen LogP contribution in [0.1, 0.15) is 24.0 Å². The van der Waals surface area contributed by atoms with Crippen molar-refractivity contribution in [3.05, 3.63) is 102 Å². The lowest BCUT2D eigenvalue weighted by Gasteiger charge is -2.23. The molecule has 9 rings (SSSR count). The summed E-state index contributed by atoms with van der Waals surface area (Å²) in [5.41, 5.74) is 8.42. The number of rotatable bonds is 2. The third kappa shape index (κ3) is 4.39. The Morgan fingerprint density at radius 3 is 2.24 bits per heavy atom. The summed E-state index contributed by atoms with van der Waals surface area (Å²) in [5.74, 6) is 2.56. The summed E-state index contributed by atoms with van der Waals surface area (Å²) in [5, 5.41) is 25.7. The number of nitrogens with two attached hydrogens (primary N) is 1. The number of phenols is 1. The molecule has 0 spiro atoms. The fraction of sp³-hybridized carbons (Fsp3) is 0.162. The van der Waals surface area contributed by atoms with E-state index in [2.05, 4.69) is 46.0 Å². The number of aromatic hydroxyl groups is 1. The first-order valence-electron chi connectivity index (χ1n) is 15.5. The number of hydrogen-bond acceptors (Lipinski definition) is 8. The van der Waals surface area contributed by atoms with Gasteiger partial charge in [-0.3, -0.25) is 5.32 Å². The first-order chi connectivity index (χ1) is 22.5. The van der Waals surface area contributed by atoms with Gasteiger partial charge in [0.25, 0.3) is 0 Å². The van der Waals surface area contributed by atoms with Crippen LogP contribution < -0.4 is 25.8 Å². The quantitative estimate of drug-likeness (QED) is 0.152. The van der Waals surface area contributed by atoms with Gasteiger partial charge in [0.15, 0.2) is 0 Å². The molecule has 3 aliphatic rings. The van der Waals surface area contributed by atoms with E-state index in [-0.39, 0.29) is 5.75 Å². The van der Waals surface area contributed by atoms with E-state index in [0.29, 0.717) is 34.6 Å².